The SMILES string of the molecule is CC.CC(=O)OC1COCC(OC(C)=O)C1.CS.Cc1ccccc1Cc1ccc(-c2ccc(F)cc2)s1. The second-order valence-electron chi connectivity index (χ2n) is 8.11. The fourth-order valence-corrected chi connectivity index (χ4v) is 4.67. The van der Waals surface area contributed by atoms with Crippen LogP contribution in [0, 0.1) is 12.7 Å². The Labute approximate surface area is 235 Å². The molecular formula is C30H39FO5S2. The van der Waals surface area contributed by atoms with E-state index in [1.54, 1.807) is 17.6 Å². The van der Waals surface area contributed by atoms with Gasteiger partial charge < -0.3 is 14.2 Å². The van der Waals surface area contributed by atoms with E-state index in [0.717, 1.165) is 12.0 Å². The maximum absolute atomic E-state index is 12.9. The summed E-state index contributed by atoms with van der Waals surface area (Å²) in [4.78, 5) is 23.8. The second kappa shape index (κ2) is 18.6. The predicted molar refractivity (Wildman–Crippen MR) is 156 cm³/mol. The predicted octanol–water partition coefficient (Wildman–Crippen LogP) is 7.30. The van der Waals surface area contributed by atoms with E-state index in [4.69, 9.17) is 14.2 Å². The zero-order valence-corrected chi connectivity index (χ0v) is 24.7. The quantitative estimate of drug-likeness (QED) is 0.261. The minimum Gasteiger partial charge on any atom is -0.460 e. The normalized spacial score (nSPS) is 15.8. The highest BCUT2D eigenvalue weighted by Crippen LogP contribution is 2.30. The summed E-state index contributed by atoms with van der Waals surface area (Å²) in [6, 6.07) is 19.4. The summed E-state index contributed by atoms with van der Waals surface area (Å²) < 4.78 is 28.0. The van der Waals surface area contributed by atoms with Gasteiger partial charge >= 0.3 is 11.9 Å². The molecule has 2 atom stereocenters. The summed E-state index contributed by atoms with van der Waals surface area (Å²) in [6.07, 6.45) is 2.56. The summed E-state index contributed by atoms with van der Waals surface area (Å²) in [6.45, 7) is 9.57. The van der Waals surface area contributed by atoms with Gasteiger partial charge in [0, 0.05) is 36.4 Å². The van der Waals surface area contributed by atoms with E-state index in [2.05, 4.69) is 56.0 Å². The second-order valence-corrected chi connectivity index (χ2v) is 9.28. The first kappa shape index (κ1) is 33.3. The zero-order chi connectivity index (χ0) is 28.5. The van der Waals surface area contributed by atoms with E-state index in [1.807, 2.05) is 26.0 Å². The van der Waals surface area contributed by atoms with Crippen molar-refractivity contribution in [2.45, 2.75) is 59.7 Å². The van der Waals surface area contributed by atoms with Gasteiger partial charge in [0.25, 0.3) is 0 Å². The molecule has 1 aromatic heterocycles. The van der Waals surface area contributed by atoms with E-state index in [9.17, 15) is 14.0 Å². The molecule has 5 nitrogen and oxygen atoms in total. The van der Waals surface area contributed by atoms with Crippen LogP contribution in [-0.2, 0) is 30.2 Å². The number of aryl methyl sites for hydroxylation is 1. The lowest BCUT2D eigenvalue weighted by molar-refractivity contribution is -0.168. The van der Waals surface area contributed by atoms with Crippen molar-refractivity contribution in [1.29, 1.82) is 0 Å². The van der Waals surface area contributed by atoms with E-state index in [-0.39, 0.29) is 30.0 Å². The van der Waals surface area contributed by atoms with Crippen LogP contribution >= 0.6 is 24.0 Å². The standard InChI is InChI=1S/C18H15FS.C9H14O5.C2H6.CH4S/c1-13-4-2-3-5-15(13)12-17-10-11-18(20-17)14-6-8-16(19)9-7-14;1-6(10)13-8-3-9(5-12-4-8)14-7(2)11;2*1-2/h2-11H,12H2,1H3;8-9H,3-5H2,1-2H3;1-2H3;2H,1H3. The van der Waals surface area contributed by atoms with Gasteiger partial charge in [-0.25, -0.2) is 4.39 Å². The lowest BCUT2D eigenvalue weighted by atomic mass is 10.1. The number of carbonyl (C=O) groups is 2. The van der Waals surface area contributed by atoms with Gasteiger partial charge in [-0.1, -0.05) is 50.2 Å². The van der Waals surface area contributed by atoms with Crippen molar-refractivity contribution in [1.82, 2.24) is 0 Å². The first-order valence-electron chi connectivity index (χ1n) is 12.6. The molecule has 38 heavy (non-hydrogen) atoms. The van der Waals surface area contributed by atoms with Crippen LogP contribution in [0.4, 0.5) is 4.39 Å². The maximum Gasteiger partial charge on any atom is 0.302 e. The van der Waals surface area contributed by atoms with E-state index >= 15 is 0 Å². The van der Waals surface area contributed by atoms with Gasteiger partial charge in [0.05, 0.1) is 13.2 Å². The van der Waals surface area contributed by atoms with Crippen LogP contribution in [0.5, 0.6) is 0 Å². The molecule has 1 aliphatic heterocycles. The van der Waals surface area contributed by atoms with Gasteiger partial charge in [0.2, 0.25) is 0 Å². The van der Waals surface area contributed by atoms with Crippen LogP contribution in [-0.4, -0.2) is 43.6 Å². The summed E-state index contributed by atoms with van der Waals surface area (Å²) in [5, 5.41) is 0. The summed E-state index contributed by atoms with van der Waals surface area (Å²) in [7, 11) is 0. The van der Waals surface area contributed by atoms with Crippen molar-refractivity contribution >= 4 is 35.9 Å². The fraction of sp³-hybridized carbons (Fsp3) is 0.400. The van der Waals surface area contributed by atoms with Crippen LogP contribution in [0.2, 0.25) is 0 Å². The maximum atomic E-state index is 12.9. The van der Waals surface area contributed by atoms with Crippen LogP contribution in [0.3, 0.4) is 0 Å². The number of thiophene rings is 1. The first-order valence-corrected chi connectivity index (χ1v) is 14.3. The van der Waals surface area contributed by atoms with Gasteiger partial charge in [-0.15, -0.1) is 11.3 Å². The number of halogens is 1. The molecule has 2 heterocycles. The molecule has 1 fully saturated rings. The molecule has 0 amide bonds. The third-order valence-electron chi connectivity index (χ3n) is 5.21. The Morgan fingerprint density at radius 1 is 0.921 bits per heavy atom. The van der Waals surface area contributed by atoms with Gasteiger partial charge in [-0.05, 0) is 54.1 Å². The molecule has 1 saturated heterocycles. The molecule has 3 aromatic rings. The van der Waals surface area contributed by atoms with Crippen LogP contribution in [0.25, 0.3) is 10.4 Å². The average Bonchev–Trinajstić information content (AvgIpc) is 3.37. The number of thiol groups is 1. The molecule has 8 heteroatoms. The van der Waals surface area contributed by atoms with Crippen LogP contribution < -0.4 is 0 Å². The van der Waals surface area contributed by atoms with Crippen molar-refractivity contribution < 1.29 is 28.2 Å². The monoisotopic (exact) mass is 562 g/mol. The summed E-state index contributed by atoms with van der Waals surface area (Å²) in [5.41, 5.74) is 3.76. The average molecular weight is 563 g/mol. The number of ether oxygens (including phenoxy) is 3. The van der Waals surface area contributed by atoms with Crippen LogP contribution in [0.1, 0.15) is 50.1 Å². The Morgan fingerprint density at radius 3 is 2.00 bits per heavy atom. The molecule has 0 N–H and O–H groups in total. The van der Waals surface area contributed by atoms with Crippen molar-refractivity contribution in [2.75, 3.05) is 19.5 Å². The molecule has 2 unspecified atom stereocenters. The smallest absolute Gasteiger partial charge is 0.302 e. The van der Waals surface area contributed by atoms with Crippen LogP contribution in [0.15, 0.2) is 60.7 Å². The Bertz CT molecular complexity index is 1080. The van der Waals surface area contributed by atoms with Crippen molar-refractivity contribution in [3.63, 3.8) is 0 Å². The number of carbonyl (C=O) groups excluding carboxylic acids is 2. The number of benzene rings is 2. The van der Waals surface area contributed by atoms with Gasteiger partial charge in [0.15, 0.2) is 0 Å². The highest BCUT2D eigenvalue weighted by Gasteiger charge is 2.26. The van der Waals surface area contributed by atoms with Gasteiger partial charge in [0.1, 0.15) is 18.0 Å². The third-order valence-corrected chi connectivity index (χ3v) is 6.35. The molecule has 4 rings (SSSR count). The van der Waals surface area contributed by atoms with E-state index < -0.39 is 0 Å². The number of esters is 2. The molecule has 0 spiro atoms. The first-order chi connectivity index (χ1) is 18.3. The summed E-state index contributed by atoms with van der Waals surface area (Å²) >= 11 is 5.30. The minimum atomic E-state index is -0.345. The lowest BCUT2D eigenvalue weighted by Crippen LogP contribution is -2.38. The topological polar surface area (TPSA) is 61.8 Å². The molecule has 0 radical (unpaired) electrons. The lowest BCUT2D eigenvalue weighted by Gasteiger charge is -2.28. The Morgan fingerprint density at radius 2 is 1.47 bits per heavy atom. The molecule has 1 aliphatic rings. The molecule has 0 saturated carbocycles. The van der Waals surface area contributed by atoms with Crippen molar-refractivity contribution in [3.05, 3.63) is 82.5 Å². The fourth-order valence-electron chi connectivity index (χ4n) is 3.63. The number of hydrogen-bond donors (Lipinski definition) is 1. The molecule has 0 bridgehead atoms. The Hall–Kier alpha value is -2.68. The van der Waals surface area contributed by atoms with Gasteiger partial charge in [-0.2, -0.15) is 12.6 Å². The van der Waals surface area contributed by atoms with E-state index in [1.165, 1.54) is 46.9 Å². The molecule has 2 aromatic carbocycles. The van der Waals surface area contributed by atoms with Crippen molar-refractivity contribution in [3.8, 4) is 10.4 Å². The van der Waals surface area contributed by atoms with Crippen molar-refractivity contribution in [2.24, 2.45) is 0 Å². The minimum absolute atomic E-state index is 0.189. The van der Waals surface area contributed by atoms with E-state index in [0.29, 0.717) is 19.6 Å². The molecule has 0 aliphatic carbocycles. The molecule has 208 valence electrons. The number of hydrogen-bond acceptors (Lipinski definition) is 7. The Balaban J connectivity index is 0.000000354. The Kier molecular flexibility index (Phi) is 16.3. The molecular weight excluding hydrogens is 523 g/mol. The third kappa shape index (κ3) is 12.2. The largest absolute Gasteiger partial charge is 0.460 e. The zero-order valence-electron chi connectivity index (χ0n) is 23.0. The highest BCUT2D eigenvalue weighted by atomic mass is 32.1. The highest BCUT2D eigenvalue weighted by molar-refractivity contribution is 7.79. The van der Waals surface area contributed by atoms with Gasteiger partial charge in [-0.3, -0.25) is 9.59 Å². The number of rotatable bonds is 5. The summed E-state index contributed by atoms with van der Waals surface area (Å²) in [5.74, 6) is -0.880.